The lowest BCUT2D eigenvalue weighted by atomic mass is 10.2. The van der Waals surface area contributed by atoms with Crippen LogP contribution in [0.25, 0.3) is 11.3 Å². The van der Waals surface area contributed by atoms with Gasteiger partial charge in [-0.1, -0.05) is 40.2 Å². The van der Waals surface area contributed by atoms with Crippen molar-refractivity contribution in [2.24, 2.45) is 0 Å². The number of nitrogens with zero attached hydrogens (tertiary/aromatic N) is 1. The van der Waals surface area contributed by atoms with Gasteiger partial charge in [-0.15, -0.1) is 0 Å². The maximum atomic E-state index is 12.0. The van der Waals surface area contributed by atoms with Crippen LogP contribution in [0.1, 0.15) is 12.3 Å². The lowest BCUT2D eigenvalue weighted by Crippen LogP contribution is -2.12. The van der Waals surface area contributed by atoms with Crippen molar-refractivity contribution in [3.8, 4) is 11.3 Å². The van der Waals surface area contributed by atoms with E-state index in [9.17, 15) is 4.79 Å². The first-order valence-electron chi connectivity index (χ1n) is 7.37. The van der Waals surface area contributed by atoms with Crippen molar-refractivity contribution in [3.63, 3.8) is 0 Å². The number of hydrogen-bond acceptors (Lipinski definition) is 3. The quantitative estimate of drug-likeness (QED) is 0.564. The molecule has 0 spiro atoms. The van der Waals surface area contributed by atoms with Crippen LogP contribution in [0.15, 0.2) is 68.1 Å². The fourth-order valence-corrected chi connectivity index (χ4v) is 2.82. The Morgan fingerprint density at radius 3 is 2.58 bits per heavy atom. The number of halogens is 2. The molecule has 1 amide bonds. The molecule has 0 aliphatic heterocycles. The van der Waals surface area contributed by atoms with E-state index in [4.69, 9.17) is 4.42 Å². The third-order valence-electron chi connectivity index (χ3n) is 3.40. The van der Waals surface area contributed by atoms with Crippen molar-refractivity contribution in [2.75, 3.05) is 5.32 Å². The van der Waals surface area contributed by atoms with E-state index >= 15 is 0 Å². The molecule has 0 radical (unpaired) electrons. The first-order valence-corrected chi connectivity index (χ1v) is 8.95. The summed E-state index contributed by atoms with van der Waals surface area (Å²) >= 11 is 6.81. The van der Waals surface area contributed by atoms with Gasteiger partial charge in [-0.2, -0.15) is 0 Å². The number of para-hydroxylation sites is 1. The van der Waals surface area contributed by atoms with Gasteiger partial charge in [0.05, 0.1) is 11.9 Å². The van der Waals surface area contributed by atoms with Crippen LogP contribution in [0, 0.1) is 0 Å². The van der Waals surface area contributed by atoms with E-state index in [1.165, 1.54) is 0 Å². The normalized spacial score (nSPS) is 10.6. The summed E-state index contributed by atoms with van der Waals surface area (Å²) in [4.78, 5) is 16.3. The van der Waals surface area contributed by atoms with Crippen LogP contribution in [0.5, 0.6) is 0 Å². The van der Waals surface area contributed by atoms with Crippen molar-refractivity contribution < 1.29 is 9.21 Å². The molecule has 0 unspecified atom stereocenters. The molecule has 122 valence electrons. The van der Waals surface area contributed by atoms with Gasteiger partial charge in [-0.05, 0) is 40.2 Å². The van der Waals surface area contributed by atoms with Gasteiger partial charge in [0.1, 0.15) is 0 Å². The number of amides is 1. The minimum Gasteiger partial charge on any atom is -0.441 e. The van der Waals surface area contributed by atoms with E-state index < -0.39 is 0 Å². The zero-order valence-electron chi connectivity index (χ0n) is 12.6. The molecule has 4 nitrogen and oxygen atoms in total. The minimum atomic E-state index is -0.0784. The molecule has 3 aromatic rings. The molecule has 3 rings (SSSR count). The van der Waals surface area contributed by atoms with E-state index in [0.717, 1.165) is 20.2 Å². The summed E-state index contributed by atoms with van der Waals surface area (Å²) < 4.78 is 7.58. The largest absolute Gasteiger partial charge is 0.441 e. The molecule has 1 N–H and O–H groups in total. The first kappa shape index (κ1) is 16.9. The SMILES string of the molecule is O=C(CCc1ncc(-c2ccc(Br)cc2)o1)Nc1ccccc1Br. The topological polar surface area (TPSA) is 55.1 Å². The van der Waals surface area contributed by atoms with Crippen LogP contribution in [-0.4, -0.2) is 10.9 Å². The number of anilines is 1. The third-order valence-corrected chi connectivity index (χ3v) is 4.62. The summed E-state index contributed by atoms with van der Waals surface area (Å²) in [5, 5.41) is 2.86. The molecule has 2 aromatic carbocycles. The maximum Gasteiger partial charge on any atom is 0.224 e. The number of rotatable bonds is 5. The van der Waals surface area contributed by atoms with Crippen LogP contribution in [0.3, 0.4) is 0 Å². The Bertz CT molecular complexity index is 844. The highest BCUT2D eigenvalue weighted by Crippen LogP contribution is 2.24. The Morgan fingerprint density at radius 2 is 1.83 bits per heavy atom. The number of oxazole rings is 1. The Labute approximate surface area is 156 Å². The summed E-state index contributed by atoms with van der Waals surface area (Å²) in [6, 6.07) is 15.3. The predicted octanol–water partition coefficient (Wildman–Crippen LogP) is 5.44. The number of aromatic nitrogens is 1. The number of nitrogens with one attached hydrogen (secondary N) is 1. The van der Waals surface area contributed by atoms with Crippen molar-refractivity contribution in [2.45, 2.75) is 12.8 Å². The van der Waals surface area contributed by atoms with Crippen LogP contribution in [0.4, 0.5) is 5.69 Å². The van der Waals surface area contributed by atoms with Crippen molar-refractivity contribution in [1.29, 1.82) is 0 Å². The lowest BCUT2D eigenvalue weighted by Gasteiger charge is -2.06. The van der Waals surface area contributed by atoms with Gasteiger partial charge >= 0.3 is 0 Å². The van der Waals surface area contributed by atoms with E-state index in [1.54, 1.807) is 6.20 Å². The first-order chi connectivity index (χ1) is 11.6. The molecule has 0 fully saturated rings. The molecule has 0 saturated heterocycles. The van der Waals surface area contributed by atoms with Crippen LogP contribution in [-0.2, 0) is 11.2 Å². The molecule has 0 atom stereocenters. The van der Waals surface area contributed by atoms with Gasteiger partial charge in [0.2, 0.25) is 5.91 Å². The lowest BCUT2D eigenvalue weighted by molar-refractivity contribution is -0.116. The van der Waals surface area contributed by atoms with E-state index in [2.05, 4.69) is 42.2 Å². The molecular formula is C18H14Br2N2O2. The van der Waals surface area contributed by atoms with Gasteiger partial charge in [-0.3, -0.25) is 4.79 Å². The summed E-state index contributed by atoms with van der Waals surface area (Å²) in [7, 11) is 0. The molecule has 1 heterocycles. The van der Waals surface area contributed by atoms with Gasteiger partial charge in [0, 0.05) is 27.4 Å². The minimum absolute atomic E-state index is 0.0784. The van der Waals surface area contributed by atoms with Crippen molar-refractivity contribution in [1.82, 2.24) is 4.98 Å². The second-order valence-electron chi connectivity index (χ2n) is 5.15. The second-order valence-corrected chi connectivity index (χ2v) is 6.92. The molecule has 0 aliphatic carbocycles. The molecule has 0 saturated carbocycles. The zero-order valence-corrected chi connectivity index (χ0v) is 15.8. The fraction of sp³-hybridized carbons (Fsp3) is 0.111. The van der Waals surface area contributed by atoms with E-state index in [0.29, 0.717) is 24.5 Å². The molecule has 0 aliphatic rings. The number of benzene rings is 2. The monoisotopic (exact) mass is 448 g/mol. The highest BCUT2D eigenvalue weighted by atomic mass is 79.9. The van der Waals surface area contributed by atoms with Gasteiger partial charge < -0.3 is 9.73 Å². The summed E-state index contributed by atoms with van der Waals surface area (Å²) in [6.45, 7) is 0. The Kier molecular flexibility index (Phi) is 5.48. The van der Waals surface area contributed by atoms with E-state index in [1.807, 2.05) is 48.5 Å². The summed E-state index contributed by atoms with van der Waals surface area (Å²) in [5.41, 5.74) is 1.71. The predicted molar refractivity (Wildman–Crippen MR) is 101 cm³/mol. The average molecular weight is 450 g/mol. The second kappa shape index (κ2) is 7.77. The molecule has 1 aromatic heterocycles. The van der Waals surface area contributed by atoms with Crippen molar-refractivity contribution in [3.05, 3.63) is 69.6 Å². The molecular weight excluding hydrogens is 436 g/mol. The number of aryl methyl sites for hydroxylation is 1. The summed E-state index contributed by atoms with van der Waals surface area (Å²) in [5.74, 6) is 1.17. The van der Waals surface area contributed by atoms with E-state index in [-0.39, 0.29) is 5.91 Å². The molecule has 24 heavy (non-hydrogen) atoms. The van der Waals surface area contributed by atoms with Gasteiger partial charge in [0.25, 0.3) is 0 Å². The van der Waals surface area contributed by atoms with Crippen LogP contribution < -0.4 is 5.32 Å². The van der Waals surface area contributed by atoms with Gasteiger partial charge in [0.15, 0.2) is 11.7 Å². The average Bonchev–Trinajstić information content (AvgIpc) is 3.05. The van der Waals surface area contributed by atoms with Crippen LogP contribution >= 0.6 is 31.9 Å². The third kappa shape index (κ3) is 4.33. The molecule has 0 bridgehead atoms. The maximum absolute atomic E-state index is 12.0. The number of carbonyl (C=O) groups excluding carboxylic acids is 1. The highest BCUT2D eigenvalue weighted by Gasteiger charge is 2.10. The number of hydrogen-bond donors (Lipinski definition) is 1. The Morgan fingerprint density at radius 1 is 1.08 bits per heavy atom. The Balaban J connectivity index is 1.58. The smallest absolute Gasteiger partial charge is 0.224 e. The highest BCUT2D eigenvalue weighted by molar-refractivity contribution is 9.10. The van der Waals surface area contributed by atoms with Gasteiger partial charge in [-0.25, -0.2) is 4.98 Å². The van der Waals surface area contributed by atoms with Crippen LogP contribution in [0.2, 0.25) is 0 Å². The fourth-order valence-electron chi connectivity index (χ4n) is 2.17. The Hall–Kier alpha value is -1.92. The zero-order chi connectivity index (χ0) is 16.9. The summed E-state index contributed by atoms with van der Waals surface area (Å²) in [6.07, 6.45) is 2.44. The number of carbonyl (C=O) groups is 1. The van der Waals surface area contributed by atoms with Crippen molar-refractivity contribution >= 4 is 43.5 Å². The molecule has 6 heteroatoms. The standard InChI is InChI=1S/C18H14Br2N2O2/c19-13-7-5-12(6-8-13)16-11-21-18(24-16)10-9-17(23)22-15-4-2-1-3-14(15)20/h1-8,11H,9-10H2,(H,22,23).